The molecule has 0 saturated carbocycles. The number of aromatic nitrogens is 1. The predicted molar refractivity (Wildman–Crippen MR) is 95.1 cm³/mol. The van der Waals surface area contributed by atoms with Crippen LogP contribution in [0.3, 0.4) is 0 Å². The van der Waals surface area contributed by atoms with E-state index in [1.807, 2.05) is 30.3 Å². The lowest BCUT2D eigenvalue weighted by Gasteiger charge is -2.13. The van der Waals surface area contributed by atoms with Gasteiger partial charge >= 0.3 is 0 Å². The fraction of sp³-hybridized carbons (Fsp3) is 0.333. The van der Waals surface area contributed by atoms with Crippen LogP contribution in [0.5, 0.6) is 0 Å². The second-order valence-electron chi connectivity index (χ2n) is 5.52. The molecular formula is C18H22ClN3O. The van der Waals surface area contributed by atoms with E-state index < -0.39 is 0 Å². The Labute approximate surface area is 142 Å². The third-order valence-corrected chi connectivity index (χ3v) is 3.88. The average molecular weight is 332 g/mol. The summed E-state index contributed by atoms with van der Waals surface area (Å²) in [5.41, 5.74) is 2.47. The van der Waals surface area contributed by atoms with Crippen LogP contribution in [0.25, 0.3) is 0 Å². The molecule has 0 fully saturated rings. The second kappa shape index (κ2) is 8.53. The number of pyridine rings is 1. The van der Waals surface area contributed by atoms with E-state index >= 15 is 0 Å². The fourth-order valence-corrected chi connectivity index (χ4v) is 2.22. The van der Waals surface area contributed by atoms with Gasteiger partial charge in [-0.15, -0.1) is 0 Å². The van der Waals surface area contributed by atoms with Crippen molar-refractivity contribution < 1.29 is 4.79 Å². The Morgan fingerprint density at radius 3 is 2.70 bits per heavy atom. The summed E-state index contributed by atoms with van der Waals surface area (Å²) < 4.78 is 0. The summed E-state index contributed by atoms with van der Waals surface area (Å²) in [7, 11) is 0. The standard InChI is InChI=1S/C18H22ClN3O/c1-3-13(2)22-16-9-11-20-17(12-16)18(23)21-10-8-14-4-6-15(19)7-5-14/h4-7,9,11-13H,3,8,10H2,1-2H3,(H,20,22)(H,21,23). The molecular weight excluding hydrogens is 310 g/mol. The first-order chi connectivity index (χ1) is 11.1. The zero-order valence-electron chi connectivity index (χ0n) is 13.5. The van der Waals surface area contributed by atoms with Crippen LogP contribution in [-0.4, -0.2) is 23.5 Å². The van der Waals surface area contributed by atoms with Crippen molar-refractivity contribution in [3.05, 3.63) is 58.9 Å². The molecule has 5 heteroatoms. The Balaban J connectivity index is 1.87. The molecule has 2 aromatic rings. The largest absolute Gasteiger partial charge is 0.382 e. The highest BCUT2D eigenvalue weighted by Crippen LogP contribution is 2.11. The number of carbonyl (C=O) groups is 1. The molecule has 1 heterocycles. The zero-order chi connectivity index (χ0) is 16.7. The number of nitrogens with one attached hydrogen (secondary N) is 2. The molecule has 2 N–H and O–H groups in total. The molecule has 1 unspecified atom stereocenters. The van der Waals surface area contributed by atoms with Crippen molar-refractivity contribution in [3.8, 4) is 0 Å². The predicted octanol–water partition coefficient (Wildman–Crippen LogP) is 3.92. The van der Waals surface area contributed by atoms with Gasteiger partial charge in [0.2, 0.25) is 0 Å². The van der Waals surface area contributed by atoms with Gasteiger partial charge < -0.3 is 10.6 Å². The lowest BCUT2D eigenvalue weighted by atomic mass is 10.1. The van der Waals surface area contributed by atoms with Crippen LogP contribution in [-0.2, 0) is 6.42 Å². The topological polar surface area (TPSA) is 54.0 Å². The lowest BCUT2D eigenvalue weighted by Crippen LogP contribution is -2.26. The Morgan fingerprint density at radius 2 is 2.00 bits per heavy atom. The van der Waals surface area contributed by atoms with E-state index in [0.29, 0.717) is 23.3 Å². The van der Waals surface area contributed by atoms with Crippen LogP contribution >= 0.6 is 11.6 Å². The van der Waals surface area contributed by atoms with Gasteiger partial charge in [0, 0.05) is 29.5 Å². The highest BCUT2D eigenvalue weighted by atomic mass is 35.5. The normalized spacial score (nSPS) is 11.8. The van der Waals surface area contributed by atoms with E-state index in [4.69, 9.17) is 11.6 Å². The average Bonchev–Trinajstić information content (AvgIpc) is 2.56. The number of hydrogen-bond acceptors (Lipinski definition) is 3. The van der Waals surface area contributed by atoms with E-state index in [9.17, 15) is 4.79 Å². The van der Waals surface area contributed by atoms with Crippen LogP contribution < -0.4 is 10.6 Å². The summed E-state index contributed by atoms with van der Waals surface area (Å²) in [6, 6.07) is 11.6. The summed E-state index contributed by atoms with van der Waals surface area (Å²) in [6.07, 6.45) is 3.43. The number of anilines is 1. The molecule has 23 heavy (non-hydrogen) atoms. The lowest BCUT2D eigenvalue weighted by molar-refractivity contribution is 0.0949. The molecule has 2 rings (SSSR count). The van der Waals surface area contributed by atoms with Crippen molar-refractivity contribution in [2.45, 2.75) is 32.7 Å². The van der Waals surface area contributed by atoms with E-state index in [2.05, 4.69) is 29.5 Å². The molecule has 0 aliphatic rings. The summed E-state index contributed by atoms with van der Waals surface area (Å²) in [4.78, 5) is 16.3. The van der Waals surface area contributed by atoms with Crippen molar-refractivity contribution in [1.29, 1.82) is 0 Å². The Bertz CT molecular complexity index is 643. The fourth-order valence-electron chi connectivity index (χ4n) is 2.09. The highest BCUT2D eigenvalue weighted by Gasteiger charge is 2.08. The molecule has 1 aromatic heterocycles. The summed E-state index contributed by atoms with van der Waals surface area (Å²) in [5.74, 6) is -0.160. The number of halogens is 1. The molecule has 0 radical (unpaired) electrons. The number of benzene rings is 1. The highest BCUT2D eigenvalue weighted by molar-refractivity contribution is 6.30. The van der Waals surface area contributed by atoms with Crippen LogP contribution in [0, 0.1) is 0 Å². The Hall–Kier alpha value is -2.07. The molecule has 1 amide bonds. The Kier molecular flexibility index (Phi) is 6.41. The summed E-state index contributed by atoms with van der Waals surface area (Å²) in [6.45, 7) is 4.78. The van der Waals surface area contributed by atoms with Gasteiger partial charge in [-0.3, -0.25) is 9.78 Å². The first-order valence-corrected chi connectivity index (χ1v) is 8.21. The van der Waals surface area contributed by atoms with Crippen LogP contribution in [0.1, 0.15) is 36.3 Å². The maximum absolute atomic E-state index is 12.2. The molecule has 4 nitrogen and oxygen atoms in total. The van der Waals surface area contributed by atoms with Gasteiger partial charge in [-0.05, 0) is 49.6 Å². The van der Waals surface area contributed by atoms with Crippen molar-refractivity contribution in [2.24, 2.45) is 0 Å². The van der Waals surface area contributed by atoms with Gasteiger partial charge in [0.1, 0.15) is 5.69 Å². The number of hydrogen-bond donors (Lipinski definition) is 2. The van der Waals surface area contributed by atoms with Gasteiger partial charge in [-0.1, -0.05) is 30.7 Å². The number of amides is 1. The quantitative estimate of drug-likeness (QED) is 0.808. The molecule has 1 atom stereocenters. The summed E-state index contributed by atoms with van der Waals surface area (Å²) in [5, 5.41) is 6.95. The van der Waals surface area contributed by atoms with E-state index in [0.717, 1.165) is 24.1 Å². The summed E-state index contributed by atoms with van der Waals surface area (Å²) >= 11 is 5.85. The molecule has 0 bridgehead atoms. The molecule has 1 aromatic carbocycles. The van der Waals surface area contributed by atoms with Crippen LogP contribution in [0.15, 0.2) is 42.6 Å². The smallest absolute Gasteiger partial charge is 0.269 e. The molecule has 0 spiro atoms. The molecule has 0 saturated heterocycles. The minimum Gasteiger partial charge on any atom is -0.382 e. The maximum atomic E-state index is 12.2. The van der Waals surface area contributed by atoms with Crippen molar-refractivity contribution in [3.63, 3.8) is 0 Å². The monoisotopic (exact) mass is 331 g/mol. The first-order valence-electron chi connectivity index (χ1n) is 7.83. The van der Waals surface area contributed by atoms with Crippen molar-refractivity contribution >= 4 is 23.2 Å². The Morgan fingerprint density at radius 1 is 1.26 bits per heavy atom. The second-order valence-corrected chi connectivity index (χ2v) is 5.95. The van der Waals surface area contributed by atoms with Crippen molar-refractivity contribution in [1.82, 2.24) is 10.3 Å². The zero-order valence-corrected chi connectivity index (χ0v) is 14.2. The van der Waals surface area contributed by atoms with Crippen LogP contribution in [0.4, 0.5) is 5.69 Å². The maximum Gasteiger partial charge on any atom is 0.269 e. The number of rotatable bonds is 7. The van der Waals surface area contributed by atoms with E-state index in [1.54, 1.807) is 12.3 Å². The van der Waals surface area contributed by atoms with Crippen molar-refractivity contribution in [2.75, 3.05) is 11.9 Å². The number of carbonyl (C=O) groups excluding carboxylic acids is 1. The van der Waals surface area contributed by atoms with Crippen LogP contribution in [0.2, 0.25) is 5.02 Å². The van der Waals surface area contributed by atoms with Gasteiger partial charge in [0.25, 0.3) is 5.91 Å². The SMILES string of the molecule is CCC(C)Nc1ccnc(C(=O)NCCc2ccc(Cl)cc2)c1. The number of nitrogens with zero attached hydrogens (tertiary/aromatic N) is 1. The van der Waals surface area contributed by atoms with Gasteiger partial charge in [0.05, 0.1) is 0 Å². The molecule has 0 aliphatic heterocycles. The third kappa shape index (κ3) is 5.57. The van der Waals surface area contributed by atoms with E-state index in [-0.39, 0.29) is 5.91 Å². The third-order valence-electron chi connectivity index (χ3n) is 3.63. The molecule has 122 valence electrons. The van der Waals surface area contributed by atoms with Gasteiger partial charge in [0.15, 0.2) is 0 Å². The molecule has 0 aliphatic carbocycles. The first kappa shape index (κ1) is 17.3. The van der Waals surface area contributed by atoms with E-state index in [1.165, 1.54) is 0 Å². The van der Waals surface area contributed by atoms with Gasteiger partial charge in [-0.2, -0.15) is 0 Å². The minimum atomic E-state index is -0.160. The minimum absolute atomic E-state index is 0.160. The van der Waals surface area contributed by atoms with Gasteiger partial charge in [-0.25, -0.2) is 0 Å².